The third-order valence-electron chi connectivity index (χ3n) is 4.70. The third kappa shape index (κ3) is 5.22. The fourth-order valence-corrected chi connectivity index (χ4v) is 4.99. The minimum absolute atomic E-state index is 0.118. The molecule has 31 heavy (non-hydrogen) atoms. The number of amides is 1. The molecule has 1 amide bonds. The van der Waals surface area contributed by atoms with Crippen LogP contribution in [0.4, 0.5) is 17.1 Å². The van der Waals surface area contributed by atoms with E-state index < -0.39 is 4.92 Å². The van der Waals surface area contributed by atoms with Crippen LogP contribution in [-0.4, -0.2) is 42.1 Å². The highest BCUT2D eigenvalue weighted by Crippen LogP contribution is 2.31. The second kappa shape index (κ2) is 9.46. The molecule has 0 spiro atoms. The molecule has 0 atom stereocenters. The van der Waals surface area contributed by atoms with Gasteiger partial charge in [-0.1, -0.05) is 11.8 Å². The minimum Gasteiger partial charge on any atom is -0.378 e. The number of hydrogen-bond acceptors (Lipinski definition) is 8. The number of hydrogen-bond donors (Lipinski definition) is 1. The summed E-state index contributed by atoms with van der Waals surface area (Å²) in [4.78, 5) is 31.2. The molecule has 3 aromatic rings. The average molecular weight is 457 g/mol. The number of morpholine rings is 1. The Balaban J connectivity index is 1.52. The number of carbonyl (C=O) groups is 1. The number of thiazole rings is 1. The van der Waals surface area contributed by atoms with Crippen molar-refractivity contribution in [3.8, 4) is 0 Å². The van der Waals surface area contributed by atoms with Crippen LogP contribution in [0.2, 0.25) is 0 Å². The van der Waals surface area contributed by atoms with Gasteiger partial charge in [-0.15, -0.1) is 11.3 Å². The van der Waals surface area contributed by atoms with Crippen molar-refractivity contribution >= 4 is 46.1 Å². The first-order valence-corrected chi connectivity index (χ1v) is 11.3. The maximum Gasteiger partial charge on any atom is 0.270 e. The van der Waals surface area contributed by atoms with Crippen LogP contribution in [0.5, 0.6) is 0 Å². The molecular formula is C21H20N4O4S2. The number of aromatic nitrogens is 1. The zero-order chi connectivity index (χ0) is 21.8. The highest BCUT2D eigenvalue weighted by atomic mass is 32.2. The quantitative estimate of drug-likeness (QED) is 0.428. The average Bonchev–Trinajstić information content (AvgIpc) is 3.19. The van der Waals surface area contributed by atoms with E-state index in [1.165, 1.54) is 12.1 Å². The lowest BCUT2D eigenvalue weighted by Crippen LogP contribution is -2.37. The number of nitro groups is 1. The van der Waals surface area contributed by atoms with Crippen molar-refractivity contribution < 1.29 is 14.5 Å². The van der Waals surface area contributed by atoms with Crippen LogP contribution in [0.1, 0.15) is 16.1 Å². The minimum atomic E-state index is -0.494. The van der Waals surface area contributed by atoms with Gasteiger partial charge in [0.2, 0.25) is 0 Å². The molecule has 1 fully saturated rings. The van der Waals surface area contributed by atoms with Crippen LogP contribution in [0.15, 0.2) is 57.1 Å². The predicted molar refractivity (Wildman–Crippen MR) is 121 cm³/mol. The first-order chi connectivity index (χ1) is 15.0. The molecule has 1 aliphatic rings. The zero-order valence-corrected chi connectivity index (χ0v) is 18.4. The Hall–Kier alpha value is -2.95. The number of aryl methyl sites for hydroxylation is 1. The number of benzene rings is 2. The monoisotopic (exact) mass is 456 g/mol. The molecule has 10 heteroatoms. The van der Waals surface area contributed by atoms with Crippen LogP contribution in [0.3, 0.4) is 0 Å². The summed E-state index contributed by atoms with van der Waals surface area (Å²) in [5.41, 5.74) is 2.42. The molecule has 0 unspecified atom stereocenters. The topological polar surface area (TPSA) is 97.6 Å². The van der Waals surface area contributed by atoms with Gasteiger partial charge in [0.25, 0.3) is 11.6 Å². The first-order valence-electron chi connectivity index (χ1n) is 9.62. The van der Waals surface area contributed by atoms with Crippen molar-refractivity contribution in [3.05, 3.63) is 69.2 Å². The molecule has 1 aliphatic heterocycles. The van der Waals surface area contributed by atoms with Crippen molar-refractivity contribution in [2.75, 3.05) is 36.5 Å². The van der Waals surface area contributed by atoms with Gasteiger partial charge in [-0.25, -0.2) is 4.98 Å². The molecule has 0 aliphatic carbocycles. The van der Waals surface area contributed by atoms with E-state index in [0.717, 1.165) is 14.9 Å². The van der Waals surface area contributed by atoms with Crippen LogP contribution in [-0.2, 0) is 4.74 Å². The van der Waals surface area contributed by atoms with Gasteiger partial charge in [-0.05, 0) is 37.3 Å². The number of rotatable bonds is 6. The van der Waals surface area contributed by atoms with Gasteiger partial charge in [0.15, 0.2) is 4.34 Å². The second-order valence-electron chi connectivity index (χ2n) is 6.89. The number of nitrogens with zero attached hydrogens (tertiary/aromatic N) is 3. The van der Waals surface area contributed by atoms with Crippen LogP contribution in [0.25, 0.3) is 0 Å². The molecule has 4 rings (SSSR count). The summed E-state index contributed by atoms with van der Waals surface area (Å²) in [5.74, 6) is -0.388. The fraction of sp³-hybridized carbons (Fsp3) is 0.238. The van der Waals surface area contributed by atoms with E-state index in [2.05, 4.69) is 10.3 Å². The lowest BCUT2D eigenvalue weighted by molar-refractivity contribution is -0.384. The highest BCUT2D eigenvalue weighted by Gasteiger charge is 2.22. The number of non-ortho nitro benzene ring substituents is 1. The molecule has 0 saturated carbocycles. The van der Waals surface area contributed by atoms with E-state index in [4.69, 9.17) is 4.74 Å². The summed E-state index contributed by atoms with van der Waals surface area (Å²) in [6.07, 6.45) is 0. The second-order valence-corrected chi connectivity index (χ2v) is 9.07. The van der Waals surface area contributed by atoms with E-state index >= 15 is 0 Å². The maximum absolute atomic E-state index is 13.0. The Morgan fingerprint density at radius 2 is 1.97 bits per heavy atom. The van der Waals surface area contributed by atoms with Gasteiger partial charge in [0, 0.05) is 46.9 Å². The van der Waals surface area contributed by atoms with Crippen LogP contribution >= 0.6 is 23.1 Å². The SMILES string of the molecule is Cc1csc(Sc2ccc(NC(=O)c3cc([N+](=O)[O-])ccc3N3CCOCC3)cc2)n1. The number of ether oxygens (including phenoxy) is 1. The van der Waals surface area contributed by atoms with Crippen molar-refractivity contribution in [2.45, 2.75) is 16.2 Å². The lowest BCUT2D eigenvalue weighted by Gasteiger charge is -2.30. The van der Waals surface area contributed by atoms with Crippen molar-refractivity contribution in [1.82, 2.24) is 4.98 Å². The molecular weight excluding hydrogens is 436 g/mol. The Kier molecular flexibility index (Phi) is 6.50. The highest BCUT2D eigenvalue weighted by molar-refractivity contribution is 8.01. The molecule has 8 nitrogen and oxygen atoms in total. The molecule has 2 heterocycles. The summed E-state index contributed by atoms with van der Waals surface area (Å²) >= 11 is 3.15. The first kappa shape index (κ1) is 21.3. The molecule has 0 bridgehead atoms. The normalized spacial score (nSPS) is 13.8. The van der Waals surface area contributed by atoms with Gasteiger partial charge < -0.3 is 15.0 Å². The standard InChI is InChI=1S/C21H20N4O4S2/c1-14-13-30-21(22-14)31-17-5-2-15(3-6-17)23-20(26)18-12-16(25(27)28)4-7-19(18)24-8-10-29-11-9-24/h2-7,12-13H,8-11H2,1H3,(H,23,26). The van der Waals surface area contributed by atoms with E-state index in [0.29, 0.717) is 37.7 Å². The van der Waals surface area contributed by atoms with Crippen molar-refractivity contribution in [2.24, 2.45) is 0 Å². The number of anilines is 2. The van der Waals surface area contributed by atoms with Gasteiger partial charge in [0.05, 0.1) is 29.4 Å². The molecule has 1 aromatic heterocycles. The van der Waals surface area contributed by atoms with Crippen LogP contribution < -0.4 is 10.2 Å². The summed E-state index contributed by atoms with van der Waals surface area (Å²) < 4.78 is 6.34. The van der Waals surface area contributed by atoms with E-state index in [1.807, 2.05) is 41.5 Å². The lowest BCUT2D eigenvalue weighted by atomic mass is 10.1. The Bertz CT molecular complexity index is 1100. The summed E-state index contributed by atoms with van der Waals surface area (Å²) in [6.45, 7) is 4.31. The van der Waals surface area contributed by atoms with Gasteiger partial charge >= 0.3 is 0 Å². The van der Waals surface area contributed by atoms with E-state index in [1.54, 1.807) is 29.2 Å². The van der Waals surface area contributed by atoms with E-state index in [-0.39, 0.29) is 17.2 Å². The smallest absolute Gasteiger partial charge is 0.270 e. The number of nitrogens with one attached hydrogen (secondary N) is 1. The van der Waals surface area contributed by atoms with Gasteiger partial charge in [-0.2, -0.15) is 0 Å². The fourth-order valence-electron chi connectivity index (χ4n) is 3.18. The summed E-state index contributed by atoms with van der Waals surface area (Å²) in [7, 11) is 0. The van der Waals surface area contributed by atoms with Gasteiger partial charge in [0.1, 0.15) is 0 Å². The number of carbonyl (C=O) groups excluding carboxylic acids is 1. The molecule has 2 aromatic carbocycles. The Morgan fingerprint density at radius 3 is 2.61 bits per heavy atom. The Morgan fingerprint density at radius 1 is 1.23 bits per heavy atom. The van der Waals surface area contributed by atoms with Crippen LogP contribution in [0, 0.1) is 17.0 Å². The summed E-state index contributed by atoms with van der Waals surface area (Å²) in [5, 5.41) is 16.1. The molecule has 0 radical (unpaired) electrons. The van der Waals surface area contributed by atoms with E-state index in [9.17, 15) is 14.9 Å². The molecule has 1 N–H and O–H groups in total. The molecule has 1 saturated heterocycles. The zero-order valence-electron chi connectivity index (χ0n) is 16.7. The van der Waals surface area contributed by atoms with Crippen molar-refractivity contribution in [3.63, 3.8) is 0 Å². The summed E-state index contributed by atoms with van der Waals surface area (Å²) in [6, 6.07) is 11.8. The van der Waals surface area contributed by atoms with Crippen molar-refractivity contribution in [1.29, 1.82) is 0 Å². The maximum atomic E-state index is 13.0. The van der Waals surface area contributed by atoms with Gasteiger partial charge in [-0.3, -0.25) is 14.9 Å². The third-order valence-corrected chi connectivity index (χ3v) is 6.77. The molecule has 160 valence electrons. The predicted octanol–water partition coefficient (Wildman–Crippen LogP) is 4.60. The largest absolute Gasteiger partial charge is 0.378 e. The number of nitro benzene ring substituents is 1. The Labute approximate surface area is 187 Å².